The predicted octanol–water partition coefficient (Wildman–Crippen LogP) is 3.46. The molecule has 0 radical (unpaired) electrons. The van der Waals surface area contributed by atoms with Gasteiger partial charge in [0.1, 0.15) is 0 Å². The molecule has 0 aromatic heterocycles. The third kappa shape index (κ3) is 3.64. The van der Waals surface area contributed by atoms with Gasteiger partial charge in [-0.05, 0) is 37.5 Å². The van der Waals surface area contributed by atoms with E-state index in [4.69, 9.17) is 4.74 Å². The number of amides is 1. The Labute approximate surface area is 161 Å². The maximum absolute atomic E-state index is 13.0. The zero-order valence-corrected chi connectivity index (χ0v) is 16.1. The van der Waals surface area contributed by atoms with Crippen LogP contribution in [0.2, 0.25) is 0 Å². The SMILES string of the molecule is Cc1cccc(C(=O)N2CCC(c3ccccc3)(N3CCOCC3)CC2)c1. The van der Waals surface area contributed by atoms with Gasteiger partial charge in [0, 0.05) is 37.3 Å². The van der Waals surface area contributed by atoms with Crippen molar-refractivity contribution in [2.75, 3.05) is 39.4 Å². The fraction of sp³-hybridized carbons (Fsp3) is 0.435. The molecular weight excluding hydrogens is 336 g/mol. The normalized spacial score (nSPS) is 20.4. The van der Waals surface area contributed by atoms with Crippen molar-refractivity contribution in [3.8, 4) is 0 Å². The summed E-state index contributed by atoms with van der Waals surface area (Å²) in [4.78, 5) is 17.6. The summed E-state index contributed by atoms with van der Waals surface area (Å²) in [6.45, 7) is 7.12. The van der Waals surface area contributed by atoms with Gasteiger partial charge in [-0.15, -0.1) is 0 Å². The van der Waals surface area contributed by atoms with E-state index in [-0.39, 0.29) is 11.4 Å². The monoisotopic (exact) mass is 364 g/mol. The van der Waals surface area contributed by atoms with Gasteiger partial charge in [-0.1, -0.05) is 48.0 Å². The fourth-order valence-electron chi connectivity index (χ4n) is 4.57. The first kappa shape index (κ1) is 18.2. The Morgan fingerprint density at radius 1 is 0.926 bits per heavy atom. The Balaban J connectivity index is 1.55. The molecule has 2 aliphatic heterocycles. The molecule has 0 atom stereocenters. The maximum Gasteiger partial charge on any atom is 0.253 e. The number of hydrogen-bond acceptors (Lipinski definition) is 3. The van der Waals surface area contributed by atoms with E-state index in [1.807, 2.05) is 36.1 Å². The van der Waals surface area contributed by atoms with Crippen molar-refractivity contribution in [1.29, 1.82) is 0 Å². The van der Waals surface area contributed by atoms with Crippen LogP contribution in [0.25, 0.3) is 0 Å². The molecule has 0 aliphatic carbocycles. The highest BCUT2D eigenvalue weighted by Gasteiger charge is 2.42. The van der Waals surface area contributed by atoms with E-state index in [9.17, 15) is 4.79 Å². The molecule has 0 saturated carbocycles. The van der Waals surface area contributed by atoms with E-state index in [0.717, 1.165) is 63.4 Å². The van der Waals surface area contributed by atoms with Crippen LogP contribution in [-0.4, -0.2) is 55.1 Å². The standard InChI is InChI=1S/C23H28N2O2/c1-19-6-5-7-20(18-19)22(26)24-12-10-23(11-13-24,21-8-3-2-4-9-21)25-14-16-27-17-15-25/h2-9,18H,10-17H2,1H3. The second-order valence-corrected chi connectivity index (χ2v) is 7.66. The third-order valence-corrected chi connectivity index (χ3v) is 6.07. The molecule has 0 bridgehead atoms. The average molecular weight is 364 g/mol. The quantitative estimate of drug-likeness (QED) is 0.836. The van der Waals surface area contributed by atoms with Crippen molar-refractivity contribution in [3.05, 3.63) is 71.3 Å². The lowest BCUT2D eigenvalue weighted by atomic mass is 9.78. The number of nitrogens with zero attached hydrogens (tertiary/aromatic N) is 2. The van der Waals surface area contributed by atoms with Crippen LogP contribution in [0, 0.1) is 6.92 Å². The number of ether oxygens (including phenoxy) is 1. The van der Waals surface area contributed by atoms with Gasteiger partial charge in [0.15, 0.2) is 0 Å². The molecule has 4 heteroatoms. The topological polar surface area (TPSA) is 32.8 Å². The van der Waals surface area contributed by atoms with Gasteiger partial charge in [-0.25, -0.2) is 0 Å². The minimum atomic E-state index is 0.00836. The lowest BCUT2D eigenvalue weighted by Gasteiger charge is -2.50. The Morgan fingerprint density at radius 3 is 2.30 bits per heavy atom. The first-order valence-electron chi connectivity index (χ1n) is 9.93. The van der Waals surface area contributed by atoms with Gasteiger partial charge in [-0.2, -0.15) is 0 Å². The van der Waals surface area contributed by atoms with Crippen molar-refractivity contribution in [3.63, 3.8) is 0 Å². The molecule has 2 aromatic carbocycles. The van der Waals surface area contributed by atoms with Gasteiger partial charge in [0.2, 0.25) is 0 Å². The molecule has 2 aromatic rings. The zero-order valence-electron chi connectivity index (χ0n) is 16.1. The number of morpholine rings is 1. The molecule has 2 fully saturated rings. The Morgan fingerprint density at radius 2 is 1.63 bits per heavy atom. The van der Waals surface area contributed by atoms with Crippen molar-refractivity contribution in [1.82, 2.24) is 9.80 Å². The summed E-state index contributed by atoms with van der Waals surface area (Å²) in [5, 5.41) is 0. The Hall–Kier alpha value is -2.17. The number of piperidine rings is 1. The van der Waals surface area contributed by atoms with E-state index in [1.54, 1.807) is 0 Å². The van der Waals surface area contributed by atoms with Gasteiger partial charge in [-0.3, -0.25) is 9.69 Å². The van der Waals surface area contributed by atoms with Crippen molar-refractivity contribution in [2.24, 2.45) is 0 Å². The lowest BCUT2D eigenvalue weighted by Crippen LogP contribution is -2.57. The minimum Gasteiger partial charge on any atom is -0.379 e. The molecule has 0 spiro atoms. The molecular formula is C23H28N2O2. The largest absolute Gasteiger partial charge is 0.379 e. The van der Waals surface area contributed by atoms with E-state index >= 15 is 0 Å². The summed E-state index contributed by atoms with van der Waals surface area (Å²) in [6, 6.07) is 18.7. The van der Waals surface area contributed by atoms with Crippen LogP contribution >= 0.6 is 0 Å². The summed E-state index contributed by atoms with van der Waals surface area (Å²) in [5.74, 6) is 0.155. The highest BCUT2D eigenvalue weighted by Crippen LogP contribution is 2.39. The summed E-state index contributed by atoms with van der Waals surface area (Å²) < 4.78 is 5.59. The van der Waals surface area contributed by atoms with E-state index < -0.39 is 0 Å². The molecule has 0 N–H and O–H groups in total. The highest BCUT2D eigenvalue weighted by molar-refractivity contribution is 5.94. The first-order valence-corrected chi connectivity index (χ1v) is 9.93. The highest BCUT2D eigenvalue weighted by atomic mass is 16.5. The number of aryl methyl sites for hydroxylation is 1. The van der Waals surface area contributed by atoms with Gasteiger partial charge >= 0.3 is 0 Å². The summed E-state index contributed by atoms with van der Waals surface area (Å²) >= 11 is 0. The fourth-order valence-corrected chi connectivity index (χ4v) is 4.57. The molecule has 4 rings (SSSR count). The number of carbonyl (C=O) groups excluding carboxylic acids is 1. The smallest absolute Gasteiger partial charge is 0.253 e. The third-order valence-electron chi connectivity index (χ3n) is 6.07. The average Bonchev–Trinajstić information content (AvgIpc) is 2.74. The van der Waals surface area contributed by atoms with E-state index in [1.165, 1.54) is 5.56 Å². The van der Waals surface area contributed by atoms with Crippen LogP contribution in [0.5, 0.6) is 0 Å². The molecule has 2 heterocycles. The van der Waals surface area contributed by atoms with Gasteiger partial charge < -0.3 is 9.64 Å². The number of benzene rings is 2. The van der Waals surface area contributed by atoms with Crippen molar-refractivity contribution < 1.29 is 9.53 Å². The Bertz CT molecular complexity index is 776. The molecule has 2 aliphatic rings. The predicted molar refractivity (Wildman–Crippen MR) is 107 cm³/mol. The molecule has 142 valence electrons. The maximum atomic E-state index is 13.0. The molecule has 4 nitrogen and oxygen atoms in total. The Kier molecular flexibility index (Phi) is 5.28. The van der Waals surface area contributed by atoms with Crippen molar-refractivity contribution >= 4 is 5.91 Å². The van der Waals surface area contributed by atoms with Gasteiger partial charge in [0.25, 0.3) is 5.91 Å². The lowest BCUT2D eigenvalue weighted by molar-refractivity contribution is -0.0482. The van der Waals surface area contributed by atoms with Crippen LogP contribution in [-0.2, 0) is 10.3 Å². The molecule has 27 heavy (non-hydrogen) atoms. The summed E-state index contributed by atoms with van der Waals surface area (Å²) in [5.41, 5.74) is 3.31. The second-order valence-electron chi connectivity index (χ2n) is 7.66. The van der Waals surface area contributed by atoms with E-state index in [0.29, 0.717) is 0 Å². The van der Waals surface area contributed by atoms with Crippen LogP contribution < -0.4 is 0 Å². The summed E-state index contributed by atoms with van der Waals surface area (Å²) in [7, 11) is 0. The second kappa shape index (κ2) is 7.83. The zero-order chi connectivity index (χ0) is 18.7. The first-order chi connectivity index (χ1) is 13.2. The molecule has 1 amide bonds. The van der Waals surface area contributed by atoms with E-state index in [2.05, 4.69) is 35.2 Å². The van der Waals surface area contributed by atoms with Crippen molar-refractivity contribution in [2.45, 2.75) is 25.3 Å². The minimum absolute atomic E-state index is 0.00836. The summed E-state index contributed by atoms with van der Waals surface area (Å²) in [6.07, 6.45) is 1.93. The number of likely N-dealkylation sites (tertiary alicyclic amines) is 1. The number of carbonyl (C=O) groups is 1. The number of hydrogen-bond donors (Lipinski definition) is 0. The number of rotatable bonds is 3. The van der Waals surface area contributed by atoms with Crippen LogP contribution in [0.1, 0.15) is 34.3 Å². The molecule has 0 unspecified atom stereocenters. The van der Waals surface area contributed by atoms with Crippen LogP contribution in [0.3, 0.4) is 0 Å². The van der Waals surface area contributed by atoms with Crippen LogP contribution in [0.15, 0.2) is 54.6 Å². The van der Waals surface area contributed by atoms with Gasteiger partial charge in [0.05, 0.1) is 13.2 Å². The van der Waals surface area contributed by atoms with Crippen LogP contribution in [0.4, 0.5) is 0 Å². The molecule has 2 saturated heterocycles.